The first-order valence-electron chi connectivity index (χ1n) is 4.91. The van der Waals surface area contributed by atoms with E-state index < -0.39 is 0 Å². The number of nitrogens with one attached hydrogen (secondary N) is 1. The van der Waals surface area contributed by atoms with Gasteiger partial charge in [0.1, 0.15) is 0 Å². The highest BCUT2D eigenvalue weighted by molar-refractivity contribution is 8.00. The quantitative estimate of drug-likeness (QED) is 0.825. The highest BCUT2D eigenvalue weighted by Crippen LogP contribution is 2.32. The smallest absolute Gasteiger partial charge is 0.234 e. The number of rotatable bonds is 3. The summed E-state index contributed by atoms with van der Waals surface area (Å²) in [4.78, 5) is 12.3. The Kier molecular flexibility index (Phi) is 3.54. The summed E-state index contributed by atoms with van der Waals surface area (Å²) < 4.78 is 0. The van der Waals surface area contributed by atoms with E-state index in [-0.39, 0.29) is 5.91 Å². The topological polar surface area (TPSA) is 29.1 Å². The van der Waals surface area contributed by atoms with Crippen molar-refractivity contribution in [3.8, 4) is 0 Å². The Morgan fingerprint density at radius 3 is 3.13 bits per heavy atom. The molecule has 1 aliphatic heterocycles. The number of carbonyl (C=O) groups is 1. The molecule has 0 aromatic heterocycles. The van der Waals surface area contributed by atoms with Crippen molar-refractivity contribution < 1.29 is 4.79 Å². The van der Waals surface area contributed by atoms with Crippen molar-refractivity contribution in [3.63, 3.8) is 0 Å². The monoisotopic (exact) mass is 241 g/mol. The Morgan fingerprint density at radius 1 is 1.47 bits per heavy atom. The minimum Gasteiger partial charge on any atom is -0.324 e. The minimum absolute atomic E-state index is 0.0843. The SMILES string of the molecule is O=C1CSc2cc(CCCCl)ccc2N1. The Morgan fingerprint density at radius 2 is 2.33 bits per heavy atom. The van der Waals surface area contributed by atoms with Crippen LogP contribution in [0.2, 0.25) is 0 Å². The van der Waals surface area contributed by atoms with Crippen LogP contribution in [0.5, 0.6) is 0 Å². The molecule has 15 heavy (non-hydrogen) atoms. The van der Waals surface area contributed by atoms with Crippen molar-refractivity contribution in [1.82, 2.24) is 0 Å². The standard InChI is InChI=1S/C11H12ClNOS/c12-5-1-2-8-3-4-9-10(6-8)15-7-11(14)13-9/h3-4,6H,1-2,5,7H2,(H,13,14). The van der Waals surface area contributed by atoms with E-state index in [2.05, 4.69) is 17.4 Å². The number of aryl methyl sites for hydroxylation is 1. The number of fused-ring (bicyclic) bond motifs is 1. The lowest BCUT2D eigenvalue weighted by Crippen LogP contribution is -2.18. The molecule has 1 N–H and O–H groups in total. The maximum Gasteiger partial charge on any atom is 0.234 e. The highest BCUT2D eigenvalue weighted by Gasteiger charge is 2.14. The van der Waals surface area contributed by atoms with E-state index in [0.29, 0.717) is 11.6 Å². The molecular formula is C11H12ClNOS. The maximum absolute atomic E-state index is 11.1. The Labute approximate surface area is 98.4 Å². The number of amides is 1. The summed E-state index contributed by atoms with van der Waals surface area (Å²) in [6, 6.07) is 6.17. The van der Waals surface area contributed by atoms with Gasteiger partial charge < -0.3 is 5.32 Å². The summed E-state index contributed by atoms with van der Waals surface area (Å²) in [5.74, 6) is 1.30. The summed E-state index contributed by atoms with van der Waals surface area (Å²) >= 11 is 7.25. The van der Waals surface area contributed by atoms with Gasteiger partial charge in [-0.3, -0.25) is 4.79 Å². The second-order valence-corrected chi connectivity index (χ2v) is 4.86. The van der Waals surface area contributed by atoms with E-state index in [0.717, 1.165) is 18.5 Å². The molecule has 0 saturated heterocycles. The molecule has 1 heterocycles. The lowest BCUT2D eigenvalue weighted by atomic mass is 10.1. The molecule has 1 aliphatic rings. The van der Waals surface area contributed by atoms with Crippen molar-refractivity contribution in [1.29, 1.82) is 0 Å². The average Bonchev–Trinajstić information content (AvgIpc) is 2.26. The van der Waals surface area contributed by atoms with Crippen molar-refractivity contribution in [2.24, 2.45) is 0 Å². The van der Waals surface area contributed by atoms with Gasteiger partial charge in [0, 0.05) is 10.8 Å². The molecule has 1 amide bonds. The first kappa shape index (κ1) is 10.8. The summed E-state index contributed by atoms with van der Waals surface area (Å²) in [5, 5.41) is 2.86. The van der Waals surface area contributed by atoms with Gasteiger partial charge in [-0.1, -0.05) is 6.07 Å². The summed E-state index contributed by atoms with van der Waals surface area (Å²) in [7, 11) is 0. The zero-order chi connectivity index (χ0) is 10.7. The second-order valence-electron chi connectivity index (χ2n) is 3.46. The average molecular weight is 242 g/mol. The number of hydrogen-bond donors (Lipinski definition) is 1. The van der Waals surface area contributed by atoms with E-state index in [9.17, 15) is 4.79 Å². The first-order chi connectivity index (χ1) is 7.29. The minimum atomic E-state index is 0.0843. The third kappa shape index (κ3) is 2.67. The second kappa shape index (κ2) is 4.90. The number of halogens is 1. The van der Waals surface area contributed by atoms with E-state index in [4.69, 9.17) is 11.6 Å². The van der Waals surface area contributed by atoms with E-state index in [1.165, 1.54) is 10.5 Å². The third-order valence-corrected chi connectivity index (χ3v) is 3.60. The van der Waals surface area contributed by atoms with Crippen LogP contribution < -0.4 is 5.32 Å². The molecule has 0 bridgehead atoms. The summed E-state index contributed by atoms with van der Waals surface area (Å²) in [5.41, 5.74) is 2.23. The molecule has 0 atom stereocenters. The lowest BCUT2D eigenvalue weighted by Gasteiger charge is -2.16. The van der Waals surface area contributed by atoms with Crippen LogP contribution in [0.3, 0.4) is 0 Å². The number of thioether (sulfide) groups is 1. The van der Waals surface area contributed by atoms with Gasteiger partial charge in [-0.15, -0.1) is 23.4 Å². The molecule has 1 aromatic carbocycles. The molecular weight excluding hydrogens is 230 g/mol. The number of benzene rings is 1. The fourth-order valence-corrected chi connectivity index (χ4v) is 2.55. The molecule has 4 heteroatoms. The fourth-order valence-electron chi connectivity index (χ4n) is 1.55. The van der Waals surface area contributed by atoms with Gasteiger partial charge in [0.25, 0.3) is 0 Å². The zero-order valence-electron chi connectivity index (χ0n) is 8.25. The molecule has 2 nitrogen and oxygen atoms in total. The number of alkyl halides is 1. The van der Waals surface area contributed by atoms with Crippen LogP contribution in [-0.4, -0.2) is 17.5 Å². The van der Waals surface area contributed by atoms with Crippen molar-refractivity contribution >= 4 is 35.0 Å². The van der Waals surface area contributed by atoms with E-state index >= 15 is 0 Å². The Balaban J connectivity index is 2.15. The molecule has 2 rings (SSSR count). The molecule has 0 radical (unpaired) electrons. The largest absolute Gasteiger partial charge is 0.324 e. The molecule has 0 fully saturated rings. The molecule has 0 aliphatic carbocycles. The number of anilines is 1. The third-order valence-electron chi connectivity index (χ3n) is 2.28. The van der Waals surface area contributed by atoms with Gasteiger partial charge in [-0.2, -0.15) is 0 Å². The number of carbonyl (C=O) groups excluding carboxylic acids is 1. The van der Waals surface area contributed by atoms with Gasteiger partial charge in [0.05, 0.1) is 11.4 Å². The first-order valence-corrected chi connectivity index (χ1v) is 6.43. The van der Waals surface area contributed by atoms with Crippen LogP contribution in [0.4, 0.5) is 5.69 Å². The Hall–Kier alpha value is -0.670. The number of hydrogen-bond acceptors (Lipinski definition) is 2. The van der Waals surface area contributed by atoms with Crippen molar-refractivity contribution in [2.75, 3.05) is 16.9 Å². The van der Waals surface area contributed by atoms with Crippen LogP contribution in [0.1, 0.15) is 12.0 Å². The van der Waals surface area contributed by atoms with Crippen LogP contribution in [0.25, 0.3) is 0 Å². The van der Waals surface area contributed by atoms with Gasteiger partial charge >= 0.3 is 0 Å². The predicted octanol–water partition coefficient (Wildman–Crippen LogP) is 2.90. The van der Waals surface area contributed by atoms with E-state index in [1.54, 1.807) is 11.8 Å². The van der Waals surface area contributed by atoms with Crippen LogP contribution in [0, 0.1) is 0 Å². The lowest BCUT2D eigenvalue weighted by molar-refractivity contribution is -0.113. The van der Waals surface area contributed by atoms with Crippen LogP contribution in [0.15, 0.2) is 23.1 Å². The zero-order valence-corrected chi connectivity index (χ0v) is 9.83. The summed E-state index contributed by atoms with van der Waals surface area (Å²) in [6.45, 7) is 0. The predicted molar refractivity (Wildman–Crippen MR) is 64.8 cm³/mol. The van der Waals surface area contributed by atoms with Gasteiger partial charge in [0.15, 0.2) is 0 Å². The van der Waals surface area contributed by atoms with E-state index in [1.807, 2.05) is 6.07 Å². The van der Waals surface area contributed by atoms with Crippen LogP contribution >= 0.6 is 23.4 Å². The van der Waals surface area contributed by atoms with Gasteiger partial charge in [0.2, 0.25) is 5.91 Å². The molecule has 1 aromatic rings. The van der Waals surface area contributed by atoms with Crippen molar-refractivity contribution in [2.45, 2.75) is 17.7 Å². The molecule has 0 unspecified atom stereocenters. The van der Waals surface area contributed by atoms with Crippen molar-refractivity contribution in [3.05, 3.63) is 23.8 Å². The Bertz CT molecular complexity index is 381. The van der Waals surface area contributed by atoms with Gasteiger partial charge in [-0.25, -0.2) is 0 Å². The molecule has 0 spiro atoms. The molecule has 80 valence electrons. The van der Waals surface area contributed by atoms with Crippen LogP contribution in [-0.2, 0) is 11.2 Å². The fraction of sp³-hybridized carbons (Fsp3) is 0.364. The summed E-state index contributed by atoms with van der Waals surface area (Å²) in [6.07, 6.45) is 2.00. The highest BCUT2D eigenvalue weighted by atomic mass is 35.5. The maximum atomic E-state index is 11.1. The molecule has 0 saturated carbocycles. The normalized spacial score (nSPS) is 14.6. The van der Waals surface area contributed by atoms with Gasteiger partial charge in [-0.05, 0) is 30.5 Å².